The second-order valence-electron chi connectivity index (χ2n) is 7.29. The summed E-state index contributed by atoms with van der Waals surface area (Å²) < 4.78 is 11.5. The van der Waals surface area contributed by atoms with E-state index >= 15 is 0 Å². The quantitative estimate of drug-likeness (QED) is 0.530. The van der Waals surface area contributed by atoms with Crippen LogP contribution in [0.25, 0.3) is 0 Å². The molecular weight excluding hydrogens is 482 g/mol. The Kier molecular flexibility index (Phi) is 5.37. The number of aromatic nitrogens is 1. The fourth-order valence-electron chi connectivity index (χ4n) is 3.73. The monoisotopic (exact) mass is 499 g/mol. The van der Waals surface area contributed by atoms with Crippen LogP contribution in [0.2, 0.25) is 0 Å². The van der Waals surface area contributed by atoms with E-state index in [-0.39, 0.29) is 24.5 Å². The van der Waals surface area contributed by atoms with Crippen molar-refractivity contribution in [3.8, 4) is 11.5 Å². The highest BCUT2D eigenvalue weighted by Gasteiger charge is 2.31. The number of thiazole rings is 1. The van der Waals surface area contributed by atoms with E-state index in [9.17, 15) is 9.59 Å². The molecule has 158 valence electrons. The topological polar surface area (TPSA) is 89.6 Å². The Morgan fingerprint density at radius 1 is 1.10 bits per heavy atom. The average Bonchev–Trinajstić information content (AvgIpc) is 3.39. The van der Waals surface area contributed by atoms with Crippen LogP contribution in [0.15, 0.2) is 46.9 Å². The van der Waals surface area contributed by atoms with Crippen LogP contribution >= 0.6 is 27.3 Å². The number of nitrogens with zero attached hydrogens (tertiary/aromatic N) is 1. The molecule has 5 rings (SSSR count). The molecule has 0 radical (unpaired) electrons. The first-order chi connectivity index (χ1) is 15.1. The first kappa shape index (κ1) is 20.0. The third-order valence-electron chi connectivity index (χ3n) is 5.22. The maximum Gasteiger partial charge on any atom is 0.257 e. The molecule has 2 heterocycles. The Hall–Kier alpha value is -2.91. The molecule has 31 heavy (non-hydrogen) atoms. The molecular formula is C22H18BrN3O4S. The summed E-state index contributed by atoms with van der Waals surface area (Å²) in [5.41, 5.74) is 1.95. The summed E-state index contributed by atoms with van der Waals surface area (Å²) >= 11 is 4.85. The van der Waals surface area contributed by atoms with E-state index in [0.717, 1.165) is 40.0 Å². The van der Waals surface area contributed by atoms with E-state index in [2.05, 4.69) is 31.5 Å². The van der Waals surface area contributed by atoms with E-state index in [1.54, 1.807) is 18.2 Å². The summed E-state index contributed by atoms with van der Waals surface area (Å²) in [4.78, 5) is 31.3. The molecule has 2 N–H and O–H groups in total. The van der Waals surface area contributed by atoms with Gasteiger partial charge in [0.2, 0.25) is 12.7 Å². The minimum Gasteiger partial charge on any atom is -0.454 e. The SMILES string of the molecule is O=C(Nc1nc2c(s1)CCCC2C(=O)Nc1cccc(Br)c1)c1ccc2c(c1)OCO2. The number of hydrogen-bond acceptors (Lipinski definition) is 6. The van der Waals surface area contributed by atoms with Crippen LogP contribution in [0.1, 0.15) is 39.7 Å². The van der Waals surface area contributed by atoms with Gasteiger partial charge in [0, 0.05) is 20.6 Å². The molecule has 0 bridgehead atoms. The summed E-state index contributed by atoms with van der Waals surface area (Å²) in [6.45, 7) is 0.156. The van der Waals surface area contributed by atoms with Crippen molar-refractivity contribution in [2.45, 2.75) is 25.2 Å². The second-order valence-corrected chi connectivity index (χ2v) is 9.29. The van der Waals surface area contributed by atoms with Crippen molar-refractivity contribution < 1.29 is 19.1 Å². The molecule has 9 heteroatoms. The highest BCUT2D eigenvalue weighted by Crippen LogP contribution is 2.38. The Balaban J connectivity index is 1.32. The largest absolute Gasteiger partial charge is 0.454 e. The van der Waals surface area contributed by atoms with E-state index in [1.165, 1.54) is 11.3 Å². The summed E-state index contributed by atoms with van der Waals surface area (Å²) in [5, 5.41) is 6.33. The molecule has 1 aliphatic carbocycles. The standard InChI is InChI=1S/C22H18BrN3O4S/c23-13-3-1-4-14(10-13)24-21(28)15-5-2-6-18-19(15)25-22(31-18)26-20(27)12-7-8-16-17(9-12)30-11-29-16/h1,3-4,7-10,15H,2,5-6,11H2,(H,24,28)(H,25,26,27). The number of hydrogen-bond donors (Lipinski definition) is 2. The van der Waals surface area contributed by atoms with Crippen LogP contribution < -0.4 is 20.1 Å². The molecule has 2 aromatic carbocycles. The Morgan fingerprint density at radius 3 is 2.84 bits per heavy atom. The predicted molar refractivity (Wildman–Crippen MR) is 121 cm³/mol. The van der Waals surface area contributed by atoms with E-state index < -0.39 is 0 Å². The van der Waals surface area contributed by atoms with Crippen LogP contribution in [0.3, 0.4) is 0 Å². The zero-order valence-corrected chi connectivity index (χ0v) is 18.7. The molecule has 1 aromatic heterocycles. The van der Waals surface area contributed by atoms with E-state index in [1.807, 2.05) is 24.3 Å². The molecule has 0 spiro atoms. The fraction of sp³-hybridized carbons (Fsp3) is 0.227. The number of ether oxygens (including phenoxy) is 2. The number of nitrogens with one attached hydrogen (secondary N) is 2. The maximum absolute atomic E-state index is 12.9. The number of halogens is 1. The van der Waals surface area contributed by atoms with Crippen LogP contribution in [0, 0.1) is 0 Å². The Bertz CT molecular complexity index is 1180. The highest BCUT2D eigenvalue weighted by atomic mass is 79.9. The number of benzene rings is 2. The lowest BCUT2D eigenvalue weighted by molar-refractivity contribution is -0.117. The lowest BCUT2D eigenvalue weighted by atomic mass is 9.90. The third kappa shape index (κ3) is 4.15. The first-order valence-corrected chi connectivity index (χ1v) is 11.4. The van der Waals surface area contributed by atoms with E-state index in [4.69, 9.17) is 9.47 Å². The number of rotatable bonds is 4. The number of carbonyl (C=O) groups excluding carboxylic acids is 2. The molecule has 2 aliphatic rings. The molecule has 7 nitrogen and oxygen atoms in total. The van der Waals surface area contributed by atoms with Crippen LogP contribution in [-0.4, -0.2) is 23.6 Å². The zero-order chi connectivity index (χ0) is 21.4. The number of amides is 2. The number of carbonyl (C=O) groups is 2. The van der Waals surface area contributed by atoms with Gasteiger partial charge < -0.3 is 14.8 Å². The van der Waals surface area contributed by atoms with Gasteiger partial charge in [-0.05, 0) is 55.7 Å². The predicted octanol–water partition coefficient (Wildman–Crippen LogP) is 4.95. The van der Waals surface area contributed by atoms with Gasteiger partial charge in [-0.25, -0.2) is 4.98 Å². The Morgan fingerprint density at radius 2 is 1.97 bits per heavy atom. The number of aryl methyl sites for hydroxylation is 1. The van der Waals surface area contributed by atoms with Gasteiger partial charge in [0.25, 0.3) is 5.91 Å². The summed E-state index contributed by atoms with van der Waals surface area (Å²) in [7, 11) is 0. The van der Waals surface area contributed by atoms with Gasteiger partial charge in [-0.2, -0.15) is 0 Å². The van der Waals surface area contributed by atoms with Crippen molar-refractivity contribution in [2.75, 3.05) is 17.4 Å². The lowest BCUT2D eigenvalue weighted by Gasteiger charge is -2.20. The van der Waals surface area contributed by atoms with Gasteiger partial charge in [0.15, 0.2) is 16.6 Å². The molecule has 1 aliphatic heterocycles. The highest BCUT2D eigenvalue weighted by molar-refractivity contribution is 9.10. The third-order valence-corrected chi connectivity index (χ3v) is 6.76. The van der Waals surface area contributed by atoms with Crippen molar-refractivity contribution >= 4 is 49.9 Å². The van der Waals surface area contributed by atoms with Gasteiger partial charge in [-0.3, -0.25) is 14.9 Å². The van der Waals surface area contributed by atoms with Gasteiger partial charge in [-0.15, -0.1) is 11.3 Å². The summed E-state index contributed by atoms with van der Waals surface area (Å²) in [5.74, 6) is 0.476. The van der Waals surface area contributed by atoms with Crippen LogP contribution in [0.5, 0.6) is 11.5 Å². The van der Waals surface area contributed by atoms with Crippen molar-refractivity contribution in [1.82, 2.24) is 4.98 Å². The summed E-state index contributed by atoms with van der Waals surface area (Å²) in [6, 6.07) is 12.5. The smallest absolute Gasteiger partial charge is 0.257 e. The minimum atomic E-state index is -0.338. The van der Waals surface area contributed by atoms with Crippen molar-refractivity contribution in [3.63, 3.8) is 0 Å². The number of anilines is 2. The Labute approximate surface area is 190 Å². The van der Waals surface area contributed by atoms with Gasteiger partial charge >= 0.3 is 0 Å². The van der Waals surface area contributed by atoms with Gasteiger partial charge in [0.1, 0.15) is 0 Å². The molecule has 0 fully saturated rings. The molecule has 0 saturated heterocycles. The van der Waals surface area contributed by atoms with Crippen LogP contribution in [-0.2, 0) is 11.2 Å². The summed E-state index contributed by atoms with van der Waals surface area (Å²) in [6.07, 6.45) is 2.49. The molecule has 1 unspecified atom stereocenters. The van der Waals surface area contributed by atoms with Crippen LogP contribution in [0.4, 0.5) is 10.8 Å². The molecule has 1 atom stereocenters. The molecule has 3 aromatic rings. The van der Waals surface area contributed by atoms with Crippen molar-refractivity contribution in [3.05, 3.63) is 63.1 Å². The maximum atomic E-state index is 12.9. The minimum absolute atomic E-state index is 0.0852. The average molecular weight is 500 g/mol. The first-order valence-electron chi connectivity index (χ1n) is 9.84. The zero-order valence-electron chi connectivity index (χ0n) is 16.3. The fourth-order valence-corrected chi connectivity index (χ4v) is 5.19. The molecule has 0 saturated carbocycles. The van der Waals surface area contributed by atoms with Gasteiger partial charge in [0.05, 0.1) is 11.6 Å². The lowest BCUT2D eigenvalue weighted by Crippen LogP contribution is -2.24. The van der Waals surface area contributed by atoms with Crippen molar-refractivity contribution in [2.24, 2.45) is 0 Å². The van der Waals surface area contributed by atoms with Crippen molar-refractivity contribution in [1.29, 1.82) is 0 Å². The number of fused-ring (bicyclic) bond motifs is 2. The van der Waals surface area contributed by atoms with E-state index in [0.29, 0.717) is 22.2 Å². The second kappa shape index (κ2) is 8.32. The normalized spacial score (nSPS) is 16.5. The van der Waals surface area contributed by atoms with Gasteiger partial charge in [-0.1, -0.05) is 22.0 Å². The molecule has 2 amide bonds.